The fourth-order valence-corrected chi connectivity index (χ4v) is 8.58. The largest absolute Gasteiger partial charge is 0.461 e. The number of ether oxygens (including phenoxy) is 1. The number of non-ortho nitro benzene ring substituents is 1. The average Bonchev–Trinajstić information content (AvgIpc) is 3.58. The van der Waals surface area contributed by atoms with Gasteiger partial charge in [-0.05, 0) is 55.1 Å². The summed E-state index contributed by atoms with van der Waals surface area (Å²) >= 11 is 1.13. The highest BCUT2D eigenvalue weighted by atomic mass is 32.2. The number of H-pyrrole nitrogens is 1. The third kappa shape index (κ3) is 4.80. The molecule has 0 unspecified atom stereocenters. The third-order valence-electron chi connectivity index (χ3n) is 10.7. The number of Topliss-reactive ketones (excluding diaryl/α,β-unsaturated/α-hetero) is 1. The minimum Gasteiger partial charge on any atom is -0.461 e. The molecular formula is C30H38N4O6S. The number of aliphatic hydroxyl groups excluding tert-OH is 1. The standard InChI is InChI=1S/C30H38N4O6S/c1-6-28(4)15-22(29(5)17(2)11-13-30(18(3)25(28)37)14-12-21(35)24(29)30)40-23(36)16-41-27-31-26(32-33-27)19-7-9-20(10-8-19)34(38)39/h6-10,17-18,22,24-25,37H,1,11-16H2,2-5H3,(H,31,32,33)/t17-,18+,22-,24+,25+,28-,29+,30+/m1/s1. The number of thioether (sulfide) groups is 1. The summed E-state index contributed by atoms with van der Waals surface area (Å²) < 4.78 is 6.27. The molecule has 11 heteroatoms. The first-order valence-electron chi connectivity index (χ1n) is 14.2. The summed E-state index contributed by atoms with van der Waals surface area (Å²) in [5.74, 6) is -0.0349. The van der Waals surface area contributed by atoms with Gasteiger partial charge in [0, 0.05) is 40.9 Å². The normalized spacial score (nSPS) is 36.6. The number of aromatic nitrogens is 3. The molecule has 1 aromatic heterocycles. The predicted octanol–water partition coefficient (Wildman–Crippen LogP) is 5.38. The van der Waals surface area contributed by atoms with Gasteiger partial charge in [-0.3, -0.25) is 24.8 Å². The van der Waals surface area contributed by atoms with Crippen molar-refractivity contribution in [2.75, 3.05) is 5.75 Å². The first-order chi connectivity index (χ1) is 19.4. The Balaban J connectivity index is 1.36. The van der Waals surface area contributed by atoms with E-state index in [-0.39, 0.29) is 40.4 Å². The number of nitrogens with zero attached hydrogens (tertiary/aromatic N) is 3. The number of benzene rings is 1. The summed E-state index contributed by atoms with van der Waals surface area (Å²) in [6, 6.07) is 5.95. The minimum absolute atomic E-state index is 0.0214. The van der Waals surface area contributed by atoms with Crippen molar-refractivity contribution in [2.45, 2.75) is 77.2 Å². The van der Waals surface area contributed by atoms with Gasteiger partial charge in [-0.2, -0.15) is 0 Å². The first-order valence-corrected chi connectivity index (χ1v) is 15.2. The highest BCUT2D eigenvalue weighted by Gasteiger charge is 2.68. The molecular weight excluding hydrogens is 544 g/mol. The van der Waals surface area contributed by atoms with Crippen LogP contribution >= 0.6 is 11.8 Å². The third-order valence-corrected chi connectivity index (χ3v) is 11.5. The Morgan fingerprint density at radius 2 is 2.00 bits per heavy atom. The number of carbonyl (C=O) groups is 2. The molecule has 2 N–H and O–H groups in total. The monoisotopic (exact) mass is 582 g/mol. The van der Waals surface area contributed by atoms with Crippen LogP contribution in [0, 0.1) is 44.1 Å². The average molecular weight is 583 g/mol. The zero-order chi connectivity index (χ0) is 29.7. The zero-order valence-corrected chi connectivity index (χ0v) is 24.8. The number of nitro groups is 1. The number of nitro benzene ring substituents is 1. The predicted molar refractivity (Wildman–Crippen MR) is 154 cm³/mol. The van der Waals surface area contributed by atoms with Crippen molar-refractivity contribution in [3.8, 4) is 11.4 Å². The minimum atomic E-state index is -0.715. The Morgan fingerprint density at radius 1 is 1.29 bits per heavy atom. The van der Waals surface area contributed by atoms with Gasteiger partial charge in [0.05, 0.1) is 16.8 Å². The fraction of sp³-hybridized carbons (Fsp3) is 0.600. The van der Waals surface area contributed by atoms with Crippen LogP contribution in [0.5, 0.6) is 0 Å². The molecule has 2 aromatic rings. The molecule has 3 aliphatic rings. The van der Waals surface area contributed by atoms with Crippen molar-refractivity contribution in [3.63, 3.8) is 0 Å². The molecule has 3 fully saturated rings. The maximum atomic E-state index is 13.5. The van der Waals surface area contributed by atoms with Crippen LogP contribution in [0.3, 0.4) is 0 Å². The van der Waals surface area contributed by atoms with Gasteiger partial charge in [-0.1, -0.05) is 45.5 Å². The summed E-state index contributed by atoms with van der Waals surface area (Å²) in [6.07, 6.45) is 3.91. The van der Waals surface area contributed by atoms with Crippen molar-refractivity contribution in [1.29, 1.82) is 0 Å². The van der Waals surface area contributed by atoms with E-state index in [4.69, 9.17) is 4.74 Å². The van der Waals surface area contributed by atoms with Gasteiger partial charge in [0.15, 0.2) is 5.82 Å². The van der Waals surface area contributed by atoms with Crippen LogP contribution in [0.4, 0.5) is 5.69 Å². The second-order valence-electron chi connectivity index (χ2n) is 12.6. The fourth-order valence-electron chi connectivity index (χ4n) is 8.00. The summed E-state index contributed by atoms with van der Waals surface area (Å²) in [5.41, 5.74) is -0.976. The molecule has 8 atom stereocenters. The molecule has 10 nitrogen and oxygen atoms in total. The quantitative estimate of drug-likeness (QED) is 0.144. The van der Waals surface area contributed by atoms with Crippen LogP contribution in [0.2, 0.25) is 0 Å². The van der Waals surface area contributed by atoms with Crippen LogP contribution in [-0.4, -0.2) is 54.9 Å². The molecule has 3 saturated carbocycles. The van der Waals surface area contributed by atoms with Crippen molar-refractivity contribution in [1.82, 2.24) is 15.2 Å². The molecule has 41 heavy (non-hydrogen) atoms. The molecule has 220 valence electrons. The Hall–Kier alpha value is -3.05. The number of rotatable bonds is 7. The van der Waals surface area contributed by atoms with Crippen molar-refractivity contribution >= 4 is 29.2 Å². The van der Waals surface area contributed by atoms with Gasteiger partial charge >= 0.3 is 5.97 Å². The van der Waals surface area contributed by atoms with Crippen LogP contribution in [0.25, 0.3) is 11.4 Å². The lowest BCUT2D eigenvalue weighted by atomic mass is 9.44. The Labute approximate surface area is 243 Å². The van der Waals surface area contributed by atoms with E-state index in [1.807, 2.05) is 6.92 Å². The van der Waals surface area contributed by atoms with Gasteiger partial charge in [-0.15, -0.1) is 11.7 Å². The van der Waals surface area contributed by atoms with E-state index >= 15 is 0 Å². The SMILES string of the molecule is C=C[C@]1(C)C[C@@H](OC(=O)CSc2n[nH]c(-c3ccc([N+](=O)[O-])cc3)n2)[C@]2(C)[C@H](C)CC[C@]3(CCC(=O)[C@H]32)[C@@H](C)[C@@H]1O. The summed E-state index contributed by atoms with van der Waals surface area (Å²) in [6.45, 7) is 12.4. The number of aromatic amines is 1. The lowest BCUT2D eigenvalue weighted by Crippen LogP contribution is -2.63. The van der Waals surface area contributed by atoms with Gasteiger partial charge in [0.25, 0.3) is 5.69 Å². The number of ketones is 1. The van der Waals surface area contributed by atoms with Crippen LogP contribution in [-0.2, 0) is 14.3 Å². The first kappa shape index (κ1) is 29.4. The smallest absolute Gasteiger partial charge is 0.316 e. The van der Waals surface area contributed by atoms with Crippen LogP contribution in [0.15, 0.2) is 42.1 Å². The number of aliphatic hydroxyl groups is 1. The van der Waals surface area contributed by atoms with E-state index < -0.39 is 33.9 Å². The van der Waals surface area contributed by atoms with E-state index in [0.717, 1.165) is 31.0 Å². The highest BCUT2D eigenvalue weighted by Crippen LogP contribution is 2.68. The lowest BCUT2D eigenvalue weighted by molar-refractivity contribution is -0.384. The molecule has 0 saturated heterocycles. The molecule has 0 amide bonds. The van der Waals surface area contributed by atoms with E-state index in [9.17, 15) is 24.8 Å². The second kappa shape index (κ2) is 10.7. The second-order valence-corrected chi connectivity index (χ2v) is 13.6. The molecule has 0 spiro atoms. The number of hydrogen-bond donors (Lipinski definition) is 2. The van der Waals surface area contributed by atoms with Crippen LogP contribution in [0.1, 0.15) is 59.8 Å². The molecule has 2 bridgehead atoms. The molecule has 3 aliphatic carbocycles. The summed E-state index contributed by atoms with van der Waals surface area (Å²) in [7, 11) is 0. The summed E-state index contributed by atoms with van der Waals surface area (Å²) in [5, 5.41) is 29.9. The Kier molecular flexibility index (Phi) is 7.65. The topological polar surface area (TPSA) is 148 Å². The molecule has 1 aromatic carbocycles. The van der Waals surface area contributed by atoms with Crippen LogP contribution < -0.4 is 0 Å². The maximum Gasteiger partial charge on any atom is 0.316 e. The number of nitrogens with one attached hydrogen (secondary N) is 1. The molecule has 0 aliphatic heterocycles. The number of esters is 1. The van der Waals surface area contributed by atoms with Gasteiger partial charge in [0.2, 0.25) is 5.16 Å². The summed E-state index contributed by atoms with van der Waals surface area (Å²) in [4.78, 5) is 41.7. The zero-order valence-electron chi connectivity index (χ0n) is 24.0. The number of hydrogen-bond acceptors (Lipinski definition) is 9. The van der Waals surface area contributed by atoms with Gasteiger partial charge in [0.1, 0.15) is 11.9 Å². The van der Waals surface area contributed by atoms with Crippen molar-refractivity contribution < 1.29 is 24.4 Å². The van der Waals surface area contributed by atoms with Gasteiger partial charge < -0.3 is 9.84 Å². The molecule has 5 rings (SSSR count). The van der Waals surface area contributed by atoms with E-state index in [2.05, 4.69) is 42.5 Å². The van der Waals surface area contributed by atoms with E-state index in [1.54, 1.807) is 18.2 Å². The Bertz CT molecular complexity index is 1360. The Morgan fingerprint density at radius 3 is 2.66 bits per heavy atom. The van der Waals surface area contributed by atoms with Crippen molar-refractivity contribution in [3.05, 3.63) is 47.0 Å². The lowest BCUT2D eigenvalue weighted by Gasteiger charge is -2.61. The number of carbonyl (C=O) groups excluding carboxylic acids is 2. The van der Waals surface area contributed by atoms with Gasteiger partial charge in [-0.25, -0.2) is 4.98 Å². The molecule has 1 heterocycles. The van der Waals surface area contributed by atoms with E-state index in [0.29, 0.717) is 29.4 Å². The van der Waals surface area contributed by atoms with E-state index in [1.165, 1.54) is 12.1 Å². The van der Waals surface area contributed by atoms with Crippen molar-refractivity contribution in [2.24, 2.45) is 34.0 Å². The highest BCUT2D eigenvalue weighted by molar-refractivity contribution is 7.99. The molecule has 0 radical (unpaired) electrons. The maximum absolute atomic E-state index is 13.5.